The molecule has 0 aliphatic carbocycles. The van der Waals surface area contributed by atoms with Crippen LogP contribution in [0, 0.1) is 0 Å². The predicted octanol–water partition coefficient (Wildman–Crippen LogP) is 5.92. The van der Waals surface area contributed by atoms with Crippen molar-refractivity contribution in [2.24, 2.45) is 0 Å². The van der Waals surface area contributed by atoms with Gasteiger partial charge in [0.1, 0.15) is 6.61 Å². The minimum absolute atomic E-state index is 0.107. The summed E-state index contributed by atoms with van der Waals surface area (Å²) in [6, 6.07) is 0. The molecule has 0 radical (unpaired) electrons. The van der Waals surface area contributed by atoms with E-state index in [1.54, 1.807) is 0 Å². The van der Waals surface area contributed by atoms with Gasteiger partial charge in [0.15, 0.2) is 0 Å². The van der Waals surface area contributed by atoms with Crippen molar-refractivity contribution >= 4 is 12.1 Å². The number of hydrogen-bond donors (Lipinski definition) is 1. The van der Waals surface area contributed by atoms with Crippen LogP contribution in [0.15, 0.2) is 12.7 Å². The van der Waals surface area contributed by atoms with Crippen molar-refractivity contribution < 1.29 is 19.1 Å². The third kappa shape index (κ3) is 20.6. The molecule has 5 heteroatoms. The number of amides is 1. The van der Waals surface area contributed by atoms with E-state index in [1.807, 2.05) is 0 Å². The highest BCUT2D eigenvalue weighted by molar-refractivity contribution is 5.69. The lowest BCUT2D eigenvalue weighted by atomic mass is 10.1. The molecule has 5 nitrogen and oxygen atoms in total. The maximum atomic E-state index is 11.6. The predicted molar refractivity (Wildman–Crippen MR) is 111 cm³/mol. The molecule has 158 valence electrons. The average molecular weight is 384 g/mol. The van der Waals surface area contributed by atoms with Gasteiger partial charge in [-0.1, -0.05) is 83.8 Å². The topological polar surface area (TPSA) is 64.6 Å². The maximum absolute atomic E-state index is 11.6. The summed E-state index contributed by atoms with van der Waals surface area (Å²) in [6.07, 6.45) is 16.9. The van der Waals surface area contributed by atoms with E-state index in [9.17, 15) is 9.59 Å². The first-order valence-corrected chi connectivity index (χ1v) is 10.9. The molecule has 0 aliphatic heterocycles. The fraction of sp³-hybridized carbons (Fsp3) is 0.818. The van der Waals surface area contributed by atoms with E-state index < -0.39 is 6.09 Å². The minimum Gasteiger partial charge on any atom is -0.466 e. The van der Waals surface area contributed by atoms with Crippen LogP contribution in [0.2, 0.25) is 0 Å². The van der Waals surface area contributed by atoms with Crippen molar-refractivity contribution in [3.63, 3.8) is 0 Å². The van der Waals surface area contributed by atoms with Gasteiger partial charge in [-0.05, 0) is 19.3 Å². The lowest BCUT2D eigenvalue weighted by Crippen LogP contribution is -2.25. The maximum Gasteiger partial charge on any atom is 0.407 e. The van der Waals surface area contributed by atoms with E-state index in [1.165, 1.54) is 57.4 Å². The monoisotopic (exact) mass is 383 g/mol. The zero-order chi connectivity index (χ0) is 20.0. The summed E-state index contributed by atoms with van der Waals surface area (Å²) in [5.74, 6) is -0.107. The third-order valence-electron chi connectivity index (χ3n) is 4.42. The van der Waals surface area contributed by atoms with Gasteiger partial charge >= 0.3 is 12.1 Å². The second-order valence-corrected chi connectivity index (χ2v) is 7.03. The van der Waals surface area contributed by atoms with Crippen molar-refractivity contribution in [3.8, 4) is 0 Å². The first kappa shape index (κ1) is 25.5. The second-order valence-electron chi connectivity index (χ2n) is 7.03. The molecular weight excluding hydrogens is 342 g/mol. The first-order valence-electron chi connectivity index (χ1n) is 10.9. The normalized spacial score (nSPS) is 10.4. The molecule has 1 amide bonds. The number of rotatable bonds is 19. The van der Waals surface area contributed by atoms with Gasteiger partial charge in [0, 0.05) is 13.0 Å². The molecule has 27 heavy (non-hydrogen) atoms. The van der Waals surface area contributed by atoms with Crippen molar-refractivity contribution in [1.29, 1.82) is 0 Å². The summed E-state index contributed by atoms with van der Waals surface area (Å²) in [5.41, 5.74) is 0. The quantitative estimate of drug-likeness (QED) is 0.171. The molecule has 0 atom stereocenters. The van der Waals surface area contributed by atoms with Gasteiger partial charge in [-0.3, -0.25) is 4.79 Å². The van der Waals surface area contributed by atoms with Gasteiger partial charge in [-0.15, -0.1) is 0 Å². The number of hydrogen-bond acceptors (Lipinski definition) is 4. The van der Waals surface area contributed by atoms with Gasteiger partial charge in [0.05, 0.1) is 6.61 Å². The molecule has 0 saturated heterocycles. The Morgan fingerprint density at radius 3 is 2.04 bits per heavy atom. The van der Waals surface area contributed by atoms with Crippen LogP contribution in [0.3, 0.4) is 0 Å². The van der Waals surface area contributed by atoms with E-state index in [2.05, 4.69) is 18.8 Å². The Morgan fingerprint density at radius 1 is 0.815 bits per heavy atom. The molecule has 0 spiro atoms. The molecule has 0 rings (SSSR count). The summed E-state index contributed by atoms with van der Waals surface area (Å²) in [4.78, 5) is 22.8. The minimum atomic E-state index is -0.425. The summed E-state index contributed by atoms with van der Waals surface area (Å²) >= 11 is 0. The molecule has 0 aliphatic rings. The lowest BCUT2D eigenvalue weighted by Gasteiger charge is -2.06. The standard InChI is InChI=1S/C22H41NO4/c1-3-5-6-7-8-9-10-11-12-16-20-26-21(24)17-14-13-15-18-23-22(25)27-19-4-2/h4H,2-3,5-20H2,1H3,(H,23,25). The van der Waals surface area contributed by atoms with Crippen molar-refractivity contribution in [2.45, 2.75) is 96.8 Å². The highest BCUT2D eigenvalue weighted by Crippen LogP contribution is 2.10. The zero-order valence-electron chi connectivity index (χ0n) is 17.4. The highest BCUT2D eigenvalue weighted by atomic mass is 16.5. The lowest BCUT2D eigenvalue weighted by molar-refractivity contribution is -0.143. The SMILES string of the molecule is C=CCOC(=O)NCCCCCC(=O)OCCCCCCCCCCCC. The van der Waals surface area contributed by atoms with Gasteiger partial charge in [-0.25, -0.2) is 4.79 Å². The molecule has 0 aromatic carbocycles. The zero-order valence-corrected chi connectivity index (χ0v) is 17.4. The van der Waals surface area contributed by atoms with Gasteiger partial charge in [-0.2, -0.15) is 0 Å². The first-order chi connectivity index (χ1) is 13.2. The van der Waals surface area contributed by atoms with E-state index in [0.29, 0.717) is 19.6 Å². The van der Waals surface area contributed by atoms with Crippen LogP contribution < -0.4 is 5.32 Å². The summed E-state index contributed by atoms with van der Waals surface area (Å²) in [5, 5.41) is 2.66. The Balaban J connectivity index is 3.24. The average Bonchev–Trinajstić information content (AvgIpc) is 2.67. The van der Waals surface area contributed by atoms with E-state index in [0.717, 1.165) is 32.1 Å². The number of esters is 1. The van der Waals surface area contributed by atoms with Gasteiger partial charge < -0.3 is 14.8 Å². The van der Waals surface area contributed by atoms with E-state index in [4.69, 9.17) is 9.47 Å². The molecular formula is C22H41NO4. The number of alkyl carbamates (subject to hydrolysis) is 1. The van der Waals surface area contributed by atoms with Gasteiger partial charge in [0.25, 0.3) is 0 Å². The molecule has 0 unspecified atom stereocenters. The van der Waals surface area contributed by atoms with Crippen LogP contribution >= 0.6 is 0 Å². The number of nitrogens with one attached hydrogen (secondary N) is 1. The Bertz CT molecular complexity index is 371. The number of unbranched alkanes of at least 4 members (excludes halogenated alkanes) is 11. The largest absolute Gasteiger partial charge is 0.466 e. The molecule has 0 fully saturated rings. The Hall–Kier alpha value is -1.52. The van der Waals surface area contributed by atoms with Crippen LogP contribution in [0.4, 0.5) is 4.79 Å². The molecule has 0 heterocycles. The van der Waals surface area contributed by atoms with Crippen LogP contribution in [0.1, 0.15) is 96.8 Å². The van der Waals surface area contributed by atoms with Crippen molar-refractivity contribution in [3.05, 3.63) is 12.7 Å². The number of carbonyl (C=O) groups excluding carboxylic acids is 2. The molecule has 0 aromatic rings. The number of ether oxygens (including phenoxy) is 2. The molecule has 0 aromatic heterocycles. The second kappa shape index (κ2) is 20.8. The van der Waals surface area contributed by atoms with Gasteiger partial charge in [0.2, 0.25) is 0 Å². The molecule has 0 bridgehead atoms. The van der Waals surface area contributed by atoms with Crippen LogP contribution in [-0.4, -0.2) is 31.8 Å². The number of carbonyl (C=O) groups is 2. The Kier molecular flexibility index (Phi) is 19.6. The van der Waals surface area contributed by atoms with Crippen LogP contribution in [-0.2, 0) is 14.3 Å². The molecule has 1 N–H and O–H groups in total. The smallest absolute Gasteiger partial charge is 0.407 e. The summed E-state index contributed by atoms with van der Waals surface area (Å²) in [6.45, 7) is 7.05. The summed E-state index contributed by atoms with van der Waals surface area (Å²) < 4.78 is 10.1. The third-order valence-corrected chi connectivity index (χ3v) is 4.42. The fourth-order valence-corrected chi connectivity index (χ4v) is 2.79. The van der Waals surface area contributed by atoms with Crippen LogP contribution in [0.5, 0.6) is 0 Å². The van der Waals surface area contributed by atoms with Crippen LogP contribution in [0.25, 0.3) is 0 Å². The Labute approximate surface area is 166 Å². The molecule has 0 saturated carbocycles. The summed E-state index contributed by atoms with van der Waals surface area (Å²) in [7, 11) is 0. The van der Waals surface area contributed by atoms with E-state index >= 15 is 0 Å². The van der Waals surface area contributed by atoms with Crippen molar-refractivity contribution in [2.75, 3.05) is 19.8 Å². The highest BCUT2D eigenvalue weighted by Gasteiger charge is 2.03. The van der Waals surface area contributed by atoms with E-state index in [-0.39, 0.29) is 12.6 Å². The fourth-order valence-electron chi connectivity index (χ4n) is 2.79. The van der Waals surface area contributed by atoms with Crippen molar-refractivity contribution in [1.82, 2.24) is 5.32 Å². The Morgan fingerprint density at radius 2 is 1.41 bits per heavy atom.